The van der Waals surface area contributed by atoms with Crippen LogP contribution in [-0.4, -0.2) is 37.1 Å². The van der Waals surface area contributed by atoms with Crippen molar-refractivity contribution in [3.63, 3.8) is 0 Å². The Morgan fingerprint density at radius 1 is 1.00 bits per heavy atom. The summed E-state index contributed by atoms with van der Waals surface area (Å²) in [4.78, 5) is 2.46. The van der Waals surface area contributed by atoms with Gasteiger partial charge in [-0.2, -0.15) is 0 Å². The molecule has 1 saturated heterocycles. The molecule has 0 amide bonds. The molecule has 86 valence electrons. The lowest BCUT2D eigenvalue weighted by Gasteiger charge is -2.34. The maximum atomic E-state index is 3.94. The summed E-state index contributed by atoms with van der Waals surface area (Å²) >= 11 is 0. The van der Waals surface area contributed by atoms with Gasteiger partial charge < -0.3 is 10.2 Å². The number of rotatable bonds is 2. The summed E-state index contributed by atoms with van der Waals surface area (Å²) in [5.74, 6) is 2.12. The predicted molar refractivity (Wildman–Crippen MR) is 62.9 cm³/mol. The van der Waals surface area contributed by atoms with Crippen molar-refractivity contribution in [2.24, 2.45) is 11.8 Å². The average Bonchev–Trinajstić information content (AvgIpc) is 2.83. The van der Waals surface area contributed by atoms with Crippen LogP contribution < -0.4 is 5.32 Å². The van der Waals surface area contributed by atoms with E-state index in [-0.39, 0.29) is 0 Å². The molecule has 0 spiro atoms. The van der Waals surface area contributed by atoms with Gasteiger partial charge in [-0.1, -0.05) is 6.42 Å². The minimum Gasteiger partial charge on any atom is -0.311 e. The van der Waals surface area contributed by atoms with Gasteiger partial charge in [0.25, 0.3) is 0 Å². The summed E-state index contributed by atoms with van der Waals surface area (Å²) in [5, 5.41) is 3.94. The maximum absolute atomic E-state index is 3.94. The highest BCUT2D eigenvalue weighted by molar-refractivity contribution is 4.95. The van der Waals surface area contributed by atoms with E-state index in [4.69, 9.17) is 0 Å². The molecule has 0 aromatic carbocycles. The molecular formula is C13H24N2. The second kappa shape index (κ2) is 4.06. The Balaban J connectivity index is 1.49. The molecule has 3 rings (SSSR count). The summed E-state index contributed by atoms with van der Waals surface area (Å²) in [5.41, 5.74) is 0. The Hall–Kier alpha value is -0.0800. The van der Waals surface area contributed by atoms with Gasteiger partial charge in [-0.3, -0.25) is 0 Å². The molecular weight excluding hydrogens is 184 g/mol. The van der Waals surface area contributed by atoms with E-state index in [1.54, 1.807) is 0 Å². The number of hydrogen-bond donors (Lipinski definition) is 1. The van der Waals surface area contributed by atoms with E-state index < -0.39 is 0 Å². The quantitative estimate of drug-likeness (QED) is 0.745. The molecule has 2 nitrogen and oxygen atoms in total. The molecule has 1 aliphatic heterocycles. The molecule has 15 heavy (non-hydrogen) atoms. The van der Waals surface area contributed by atoms with Crippen LogP contribution in [0.15, 0.2) is 0 Å². The van der Waals surface area contributed by atoms with E-state index in [2.05, 4.69) is 17.3 Å². The number of likely N-dealkylation sites (tertiary alicyclic amines) is 1. The van der Waals surface area contributed by atoms with Crippen LogP contribution in [0.4, 0.5) is 0 Å². The van der Waals surface area contributed by atoms with Crippen molar-refractivity contribution in [1.29, 1.82) is 0 Å². The van der Waals surface area contributed by atoms with Crippen molar-refractivity contribution in [2.75, 3.05) is 20.1 Å². The first-order valence-corrected chi connectivity index (χ1v) is 6.76. The Morgan fingerprint density at radius 3 is 2.40 bits per heavy atom. The van der Waals surface area contributed by atoms with Crippen LogP contribution in [0.1, 0.15) is 38.5 Å². The van der Waals surface area contributed by atoms with E-state index in [1.807, 2.05) is 0 Å². The fourth-order valence-electron chi connectivity index (χ4n) is 3.93. The van der Waals surface area contributed by atoms with Crippen LogP contribution >= 0.6 is 0 Å². The topological polar surface area (TPSA) is 15.3 Å². The fraction of sp³-hybridized carbons (Fsp3) is 1.00. The van der Waals surface area contributed by atoms with Gasteiger partial charge >= 0.3 is 0 Å². The molecule has 1 N–H and O–H groups in total. The van der Waals surface area contributed by atoms with E-state index in [1.165, 1.54) is 51.6 Å². The van der Waals surface area contributed by atoms with Crippen LogP contribution in [0, 0.1) is 11.8 Å². The van der Waals surface area contributed by atoms with Crippen molar-refractivity contribution in [2.45, 2.75) is 50.6 Å². The Morgan fingerprint density at radius 2 is 1.80 bits per heavy atom. The summed E-state index contributed by atoms with van der Waals surface area (Å²) < 4.78 is 0. The van der Waals surface area contributed by atoms with E-state index in [0.717, 1.165) is 23.9 Å². The van der Waals surface area contributed by atoms with Crippen molar-refractivity contribution >= 4 is 0 Å². The number of nitrogens with one attached hydrogen (secondary N) is 1. The van der Waals surface area contributed by atoms with Gasteiger partial charge in [0.15, 0.2) is 0 Å². The smallest absolute Gasteiger partial charge is 0.0101 e. The lowest BCUT2D eigenvalue weighted by Crippen LogP contribution is -2.46. The first kappa shape index (κ1) is 10.1. The zero-order chi connectivity index (χ0) is 10.3. The summed E-state index contributed by atoms with van der Waals surface area (Å²) in [6.07, 6.45) is 8.78. The van der Waals surface area contributed by atoms with E-state index in [9.17, 15) is 0 Å². The molecule has 0 aromatic heterocycles. The zero-order valence-corrected chi connectivity index (χ0v) is 9.91. The molecule has 0 unspecified atom stereocenters. The van der Waals surface area contributed by atoms with Gasteiger partial charge in [-0.05, 0) is 64.1 Å². The molecule has 0 aromatic rings. The summed E-state index contributed by atoms with van der Waals surface area (Å²) in [6, 6.07) is 1.71. The number of hydrogen-bond acceptors (Lipinski definition) is 2. The van der Waals surface area contributed by atoms with Gasteiger partial charge in [-0.25, -0.2) is 0 Å². The highest BCUT2D eigenvalue weighted by atomic mass is 15.1. The minimum absolute atomic E-state index is 0.825. The molecule has 2 bridgehead atoms. The number of nitrogens with zero attached hydrogens (tertiary/aromatic N) is 1. The standard InChI is InChI=1S/C13H24N2/c1-15-6-4-12(5-7-15)14-13-9-10-2-3-11(13)8-10/h10-14H,2-9H2,1H3/t10-,11+,13+/m0/s1. The van der Waals surface area contributed by atoms with Gasteiger partial charge in [0.05, 0.1) is 0 Å². The van der Waals surface area contributed by atoms with E-state index in [0.29, 0.717) is 0 Å². The Kier molecular flexibility index (Phi) is 2.73. The lowest BCUT2D eigenvalue weighted by molar-refractivity contribution is 0.209. The SMILES string of the molecule is CN1CCC(N[C@@H]2C[C@H]3CC[C@@H]2C3)CC1. The third-order valence-corrected chi connectivity index (χ3v) is 4.91. The second-order valence-electron chi connectivity index (χ2n) is 6.03. The highest BCUT2D eigenvalue weighted by Crippen LogP contribution is 2.44. The number of piperidine rings is 1. The Bertz CT molecular complexity index is 221. The average molecular weight is 208 g/mol. The first-order valence-electron chi connectivity index (χ1n) is 6.76. The van der Waals surface area contributed by atoms with Crippen molar-refractivity contribution in [1.82, 2.24) is 10.2 Å². The Labute approximate surface area is 93.4 Å². The van der Waals surface area contributed by atoms with E-state index >= 15 is 0 Å². The van der Waals surface area contributed by atoms with Crippen LogP contribution in [-0.2, 0) is 0 Å². The maximum Gasteiger partial charge on any atom is 0.0101 e. The molecule has 3 fully saturated rings. The monoisotopic (exact) mass is 208 g/mol. The summed E-state index contributed by atoms with van der Waals surface area (Å²) in [7, 11) is 2.24. The third-order valence-electron chi connectivity index (χ3n) is 4.91. The summed E-state index contributed by atoms with van der Waals surface area (Å²) in [6.45, 7) is 2.58. The van der Waals surface area contributed by atoms with Crippen molar-refractivity contribution in [3.8, 4) is 0 Å². The molecule has 2 saturated carbocycles. The fourth-order valence-corrected chi connectivity index (χ4v) is 3.93. The van der Waals surface area contributed by atoms with Gasteiger partial charge in [0.1, 0.15) is 0 Å². The first-order chi connectivity index (χ1) is 7.31. The van der Waals surface area contributed by atoms with Gasteiger partial charge in [0.2, 0.25) is 0 Å². The minimum atomic E-state index is 0.825. The highest BCUT2D eigenvalue weighted by Gasteiger charge is 2.40. The van der Waals surface area contributed by atoms with Crippen LogP contribution in [0.25, 0.3) is 0 Å². The van der Waals surface area contributed by atoms with Crippen LogP contribution in [0.3, 0.4) is 0 Å². The molecule has 2 aliphatic carbocycles. The lowest BCUT2D eigenvalue weighted by atomic mass is 9.93. The molecule has 1 heterocycles. The third kappa shape index (κ3) is 2.07. The van der Waals surface area contributed by atoms with Crippen LogP contribution in [0.5, 0.6) is 0 Å². The zero-order valence-electron chi connectivity index (χ0n) is 9.91. The molecule has 0 radical (unpaired) electrons. The predicted octanol–water partition coefficient (Wildman–Crippen LogP) is 1.86. The van der Waals surface area contributed by atoms with Crippen molar-refractivity contribution in [3.05, 3.63) is 0 Å². The second-order valence-corrected chi connectivity index (χ2v) is 6.03. The molecule has 3 aliphatic rings. The largest absolute Gasteiger partial charge is 0.311 e. The van der Waals surface area contributed by atoms with Gasteiger partial charge in [-0.15, -0.1) is 0 Å². The van der Waals surface area contributed by atoms with Crippen LogP contribution in [0.2, 0.25) is 0 Å². The van der Waals surface area contributed by atoms with Gasteiger partial charge in [0, 0.05) is 12.1 Å². The molecule has 2 heteroatoms. The number of fused-ring (bicyclic) bond motifs is 2. The normalized spacial score (nSPS) is 42.6. The molecule has 3 atom stereocenters. The van der Waals surface area contributed by atoms with Crippen molar-refractivity contribution < 1.29 is 0 Å².